The van der Waals surface area contributed by atoms with E-state index in [9.17, 15) is 0 Å². The molecule has 0 radical (unpaired) electrons. The number of pyridine rings is 3. The normalized spacial score (nSPS) is 11.1. The number of nitrogens with one attached hydrogen (secondary N) is 1. The van der Waals surface area contributed by atoms with Crippen LogP contribution in [0.4, 0.5) is 5.69 Å². The maximum atomic E-state index is 4.99. The van der Waals surface area contributed by atoms with Crippen molar-refractivity contribution in [1.82, 2.24) is 15.0 Å². The third-order valence-electron chi connectivity index (χ3n) is 4.54. The average molecular weight is 407 g/mol. The summed E-state index contributed by atoms with van der Waals surface area (Å²) < 4.78 is 1.30. The van der Waals surface area contributed by atoms with Gasteiger partial charge in [0.25, 0.3) is 0 Å². The van der Waals surface area contributed by atoms with Crippen LogP contribution in [-0.4, -0.2) is 27.8 Å². The smallest absolute Gasteiger partial charge is 0.127 e. The van der Waals surface area contributed by atoms with Crippen LogP contribution >= 0.6 is 23.1 Å². The predicted molar refractivity (Wildman–Crippen MR) is 121 cm³/mol. The minimum atomic E-state index is 0.938. The van der Waals surface area contributed by atoms with Crippen molar-refractivity contribution in [1.29, 1.82) is 0 Å². The lowest BCUT2D eigenvalue weighted by Gasteiger charge is -2.10. The number of unbranched alkanes of at least 4 members (excludes halogenated alkanes) is 1. The third kappa shape index (κ3) is 3.75. The second-order valence-corrected chi connectivity index (χ2v) is 8.80. The van der Waals surface area contributed by atoms with Gasteiger partial charge in [-0.1, -0.05) is 19.4 Å². The number of aromatic nitrogens is 3. The van der Waals surface area contributed by atoms with Crippen molar-refractivity contribution in [3.05, 3.63) is 55.1 Å². The first-order valence-electron chi connectivity index (χ1n) is 9.40. The number of rotatable bonds is 7. The van der Waals surface area contributed by atoms with Gasteiger partial charge in [0.1, 0.15) is 4.83 Å². The fraction of sp³-hybridized carbons (Fsp3) is 0.227. The Balaban J connectivity index is 1.94. The fourth-order valence-electron chi connectivity index (χ4n) is 3.13. The van der Waals surface area contributed by atoms with Crippen molar-refractivity contribution in [3.63, 3.8) is 0 Å². The van der Waals surface area contributed by atoms with Crippen molar-refractivity contribution in [2.45, 2.75) is 24.0 Å². The first kappa shape index (κ1) is 18.9. The number of fused-ring (bicyclic) bond motifs is 1. The molecular formula is C22H22N4S2. The van der Waals surface area contributed by atoms with Crippen molar-refractivity contribution in [3.8, 4) is 22.4 Å². The van der Waals surface area contributed by atoms with Gasteiger partial charge >= 0.3 is 0 Å². The summed E-state index contributed by atoms with van der Waals surface area (Å²) in [5.41, 5.74) is 5.38. The molecule has 0 bridgehead atoms. The van der Waals surface area contributed by atoms with E-state index in [-0.39, 0.29) is 0 Å². The standard InChI is InChI=1S/C22H22N4S2/c1-3-4-11-27-22-20(23-2)19-17(15-7-5-9-24-13-15)12-18(26-21(19)28-22)16-8-6-10-25-14-16/h5-10,12-14,23H,3-4,11H2,1-2H3. The van der Waals surface area contributed by atoms with Crippen LogP contribution in [0.25, 0.3) is 32.6 Å². The second-order valence-electron chi connectivity index (χ2n) is 6.44. The molecule has 0 atom stereocenters. The summed E-state index contributed by atoms with van der Waals surface area (Å²) in [6.07, 6.45) is 9.80. The van der Waals surface area contributed by atoms with Gasteiger partial charge in [-0.3, -0.25) is 9.97 Å². The number of hydrogen-bond acceptors (Lipinski definition) is 6. The van der Waals surface area contributed by atoms with Crippen molar-refractivity contribution in [2.75, 3.05) is 18.1 Å². The Morgan fingerprint density at radius 1 is 1.07 bits per heavy atom. The Bertz CT molecular complexity index is 1060. The van der Waals surface area contributed by atoms with Gasteiger partial charge < -0.3 is 5.32 Å². The van der Waals surface area contributed by atoms with Crippen molar-refractivity contribution >= 4 is 39.0 Å². The van der Waals surface area contributed by atoms with Gasteiger partial charge in [-0.15, -0.1) is 23.1 Å². The molecular weight excluding hydrogens is 384 g/mol. The van der Waals surface area contributed by atoms with E-state index in [2.05, 4.69) is 40.4 Å². The zero-order valence-electron chi connectivity index (χ0n) is 16.0. The molecule has 4 aromatic heterocycles. The molecule has 4 aromatic rings. The summed E-state index contributed by atoms with van der Waals surface area (Å²) in [5.74, 6) is 1.12. The average Bonchev–Trinajstić information content (AvgIpc) is 3.12. The number of thiophene rings is 1. The molecule has 4 rings (SSSR count). The minimum Gasteiger partial charge on any atom is -0.386 e. The van der Waals surface area contributed by atoms with Gasteiger partial charge in [0.2, 0.25) is 0 Å². The van der Waals surface area contributed by atoms with Gasteiger partial charge in [-0.2, -0.15) is 0 Å². The van der Waals surface area contributed by atoms with E-state index in [4.69, 9.17) is 4.98 Å². The molecule has 0 saturated heterocycles. The summed E-state index contributed by atoms with van der Waals surface area (Å²) in [5, 5.41) is 4.60. The van der Waals surface area contributed by atoms with E-state index in [1.165, 1.54) is 28.1 Å². The van der Waals surface area contributed by atoms with E-state index >= 15 is 0 Å². The molecule has 0 unspecified atom stereocenters. The Labute approximate surface area is 173 Å². The zero-order valence-corrected chi connectivity index (χ0v) is 17.6. The van der Waals surface area contributed by atoms with Crippen LogP contribution in [0.1, 0.15) is 19.8 Å². The second kappa shape index (κ2) is 8.71. The molecule has 0 aromatic carbocycles. The van der Waals surface area contributed by atoms with Gasteiger partial charge in [-0.25, -0.2) is 4.98 Å². The highest BCUT2D eigenvalue weighted by Crippen LogP contribution is 2.46. The lowest BCUT2D eigenvalue weighted by molar-refractivity contribution is 0.897. The molecule has 1 N–H and O–H groups in total. The number of thioether (sulfide) groups is 1. The van der Waals surface area contributed by atoms with Crippen LogP contribution in [-0.2, 0) is 0 Å². The lowest BCUT2D eigenvalue weighted by atomic mass is 10.0. The van der Waals surface area contributed by atoms with E-state index in [1.807, 2.05) is 49.5 Å². The van der Waals surface area contributed by atoms with Gasteiger partial charge in [0.15, 0.2) is 0 Å². The molecule has 0 saturated carbocycles. The largest absolute Gasteiger partial charge is 0.386 e. The Morgan fingerprint density at radius 3 is 2.46 bits per heavy atom. The van der Waals surface area contributed by atoms with Crippen LogP contribution in [0.3, 0.4) is 0 Å². The molecule has 0 aliphatic carbocycles. The van der Waals surface area contributed by atoms with Crippen LogP contribution in [0, 0.1) is 0 Å². The van der Waals surface area contributed by atoms with Crippen LogP contribution in [0.2, 0.25) is 0 Å². The lowest BCUT2D eigenvalue weighted by Crippen LogP contribution is -1.93. The molecule has 4 heterocycles. The summed E-state index contributed by atoms with van der Waals surface area (Å²) in [6, 6.07) is 10.2. The molecule has 142 valence electrons. The molecule has 0 spiro atoms. The molecule has 0 aliphatic heterocycles. The maximum absolute atomic E-state index is 4.99. The van der Waals surface area contributed by atoms with Crippen molar-refractivity contribution < 1.29 is 0 Å². The Hall–Kier alpha value is -2.44. The monoisotopic (exact) mass is 406 g/mol. The Morgan fingerprint density at radius 2 is 1.82 bits per heavy atom. The first-order chi connectivity index (χ1) is 13.8. The van der Waals surface area contributed by atoms with Gasteiger partial charge in [-0.05, 0) is 42.0 Å². The number of anilines is 1. The van der Waals surface area contributed by atoms with Crippen LogP contribution in [0.15, 0.2) is 59.3 Å². The fourth-order valence-corrected chi connectivity index (χ4v) is 5.76. The topological polar surface area (TPSA) is 50.7 Å². The summed E-state index contributed by atoms with van der Waals surface area (Å²) in [6.45, 7) is 2.23. The third-order valence-corrected chi connectivity index (χ3v) is 6.98. The zero-order chi connectivity index (χ0) is 19.3. The SMILES string of the molecule is CCCCSc1sc2nc(-c3cccnc3)cc(-c3cccnc3)c2c1NC. The predicted octanol–water partition coefficient (Wildman–Crippen LogP) is 6.35. The molecule has 28 heavy (non-hydrogen) atoms. The molecule has 0 amide bonds. The number of hydrogen-bond donors (Lipinski definition) is 1. The summed E-state index contributed by atoms with van der Waals surface area (Å²) in [4.78, 5) is 14.6. The number of nitrogens with zero attached hydrogens (tertiary/aromatic N) is 3. The quantitative estimate of drug-likeness (QED) is 0.286. The van der Waals surface area contributed by atoms with E-state index in [0.717, 1.165) is 33.0 Å². The maximum Gasteiger partial charge on any atom is 0.127 e. The highest BCUT2D eigenvalue weighted by atomic mass is 32.2. The van der Waals surface area contributed by atoms with Gasteiger partial charge in [0, 0.05) is 48.3 Å². The summed E-state index contributed by atoms with van der Waals surface area (Å²) >= 11 is 3.68. The molecule has 4 nitrogen and oxygen atoms in total. The summed E-state index contributed by atoms with van der Waals surface area (Å²) in [7, 11) is 1.99. The van der Waals surface area contributed by atoms with Crippen molar-refractivity contribution in [2.24, 2.45) is 0 Å². The Kier molecular flexibility index (Phi) is 5.88. The van der Waals surface area contributed by atoms with E-state index < -0.39 is 0 Å². The molecule has 6 heteroatoms. The first-order valence-corrected chi connectivity index (χ1v) is 11.2. The van der Waals surface area contributed by atoms with E-state index in [1.54, 1.807) is 17.5 Å². The molecule has 0 fully saturated rings. The highest BCUT2D eigenvalue weighted by molar-refractivity contribution is 8.01. The van der Waals surface area contributed by atoms with E-state index in [0.29, 0.717) is 0 Å². The minimum absolute atomic E-state index is 0.938. The van der Waals surface area contributed by atoms with Gasteiger partial charge in [0.05, 0.1) is 15.6 Å². The highest BCUT2D eigenvalue weighted by Gasteiger charge is 2.19. The van der Waals surface area contributed by atoms with Crippen LogP contribution < -0.4 is 5.32 Å². The molecule has 0 aliphatic rings. The van der Waals surface area contributed by atoms with Crippen LogP contribution in [0.5, 0.6) is 0 Å².